The summed E-state index contributed by atoms with van der Waals surface area (Å²) < 4.78 is 19.0. The van der Waals surface area contributed by atoms with Gasteiger partial charge in [0.1, 0.15) is 12.1 Å². The lowest BCUT2D eigenvalue weighted by Crippen LogP contribution is -2.46. The predicted octanol–water partition coefficient (Wildman–Crippen LogP) is 2.14. The van der Waals surface area contributed by atoms with Crippen LogP contribution >= 0.6 is 0 Å². The van der Waals surface area contributed by atoms with Crippen LogP contribution in [-0.4, -0.2) is 12.1 Å². The lowest BCUT2D eigenvalue weighted by atomic mass is 9.98. The highest BCUT2D eigenvalue weighted by atomic mass is 19.1. The summed E-state index contributed by atoms with van der Waals surface area (Å²) in [4.78, 5) is 0. The fourth-order valence-corrected chi connectivity index (χ4v) is 1.77. The fraction of sp³-hybridized carbons (Fsp3) is 0.462. The Balaban J connectivity index is 2.07. The summed E-state index contributed by atoms with van der Waals surface area (Å²) in [6, 6.07) is 7.01. The van der Waals surface area contributed by atoms with E-state index in [-0.39, 0.29) is 24.1 Å². The minimum Gasteiger partial charge on any atom is -0.487 e. The third-order valence-corrected chi connectivity index (χ3v) is 3.14. The van der Waals surface area contributed by atoms with Gasteiger partial charge >= 0.3 is 0 Å². The Morgan fingerprint density at radius 2 is 2.29 bits per heavy atom. The van der Waals surface area contributed by atoms with Crippen molar-refractivity contribution in [3.8, 4) is 11.8 Å². The average molecular weight is 234 g/mol. The number of halogens is 1. The Hall–Kier alpha value is -1.60. The smallest absolute Gasteiger partial charge is 0.167 e. The van der Waals surface area contributed by atoms with Crippen LogP contribution in [0.5, 0.6) is 5.75 Å². The van der Waals surface area contributed by atoms with E-state index in [2.05, 4.69) is 6.07 Å². The number of nitriles is 1. The zero-order valence-electron chi connectivity index (χ0n) is 9.74. The van der Waals surface area contributed by atoms with Crippen molar-refractivity contribution in [3.05, 3.63) is 29.6 Å². The van der Waals surface area contributed by atoms with E-state index in [1.54, 1.807) is 25.1 Å². The quantitative estimate of drug-likeness (QED) is 0.868. The fourth-order valence-electron chi connectivity index (χ4n) is 1.77. The lowest BCUT2D eigenvalue weighted by molar-refractivity contribution is 0.228. The first kappa shape index (κ1) is 11.9. The van der Waals surface area contributed by atoms with Gasteiger partial charge in [0.05, 0.1) is 6.07 Å². The largest absolute Gasteiger partial charge is 0.487 e. The summed E-state index contributed by atoms with van der Waals surface area (Å²) in [5.41, 5.74) is 5.46. The topological polar surface area (TPSA) is 59.0 Å². The molecule has 0 bridgehead atoms. The molecule has 0 spiro atoms. The molecule has 1 atom stereocenters. The summed E-state index contributed by atoms with van der Waals surface area (Å²) in [6.45, 7) is 1.71. The molecule has 4 heteroatoms. The van der Waals surface area contributed by atoms with Gasteiger partial charge in [0.2, 0.25) is 0 Å². The molecule has 0 saturated heterocycles. The number of hydrogen-bond donors (Lipinski definition) is 1. The molecule has 1 unspecified atom stereocenters. The van der Waals surface area contributed by atoms with Crippen LogP contribution in [-0.2, 0) is 0 Å². The van der Waals surface area contributed by atoms with E-state index in [9.17, 15) is 4.39 Å². The third-order valence-electron chi connectivity index (χ3n) is 3.14. The molecule has 1 saturated carbocycles. The summed E-state index contributed by atoms with van der Waals surface area (Å²) in [5.74, 6) is -0.0420. The molecule has 1 aromatic rings. The summed E-state index contributed by atoms with van der Waals surface area (Å²) >= 11 is 0. The van der Waals surface area contributed by atoms with Crippen molar-refractivity contribution < 1.29 is 9.13 Å². The molecule has 0 amide bonds. The van der Waals surface area contributed by atoms with Gasteiger partial charge in [0.25, 0.3) is 0 Å². The summed E-state index contributed by atoms with van der Waals surface area (Å²) in [7, 11) is 0. The van der Waals surface area contributed by atoms with Gasteiger partial charge in [0, 0.05) is 0 Å². The summed E-state index contributed by atoms with van der Waals surface area (Å²) in [6.07, 6.45) is 1.90. The van der Waals surface area contributed by atoms with Crippen LogP contribution in [0.25, 0.3) is 0 Å². The maximum Gasteiger partial charge on any atom is 0.167 e. The SMILES string of the molecule is Cc1cccc(OCC(N)(C#N)C2CC2)c1F. The number of ether oxygens (including phenoxy) is 1. The van der Waals surface area contributed by atoms with E-state index < -0.39 is 5.54 Å². The molecule has 2 rings (SSSR count). The van der Waals surface area contributed by atoms with E-state index in [1.807, 2.05) is 0 Å². The zero-order valence-corrected chi connectivity index (χ0v) is 9.74. The Bertz CT molecular complexity index is 465. The standard InChI is InChI=1S/C13H15FN2O/c1-9-3-2-4-11(12(9)14)17-8-13(16,7-15)10-5-6-10/h2-4,10H,5-6,8,16H2,1H3. The molecule has 1 aromatic carbocycles. The Labute approximate surface area is 100.0 Å². The van der Waals surface area contributed by atoms with Gasteiger partial charge in [-0.15, -0.1) is 0 Å². The highest BCUT2D eigenvalue weighted by Gasteiger charge is 2.43. The van der Waals surface area contributed by atoms with Crippen LogP contribution < -0.4 is 10.5 Å². The number of rotatable bonds is 4. The Morgan fingerprint density at radius 3 is 2.88 bits per heavy atom. The first-order chi connectivity index (χ1) is 8.07. The molecular formula is C13H15FN2O. The monoisotopic (exact) mass is 234 g/mol. The van der Waals surface area contributed by atoms with E-state index in [0.29, 0.717) is 5.56 Å². The highest BCUT2D eigenvalue weighted by molar-refractivity contribution is 5.30. The van der Waals surface area contributed by atoms with Crippen molar-refractivity contribution in [1.29, 1.82) is 5.26 Å². The lowest BCUT2D eigenvalue weighted by Gasteiger charge is -2.21. The highest BCUT2D eigenvalue weighted by Crippen LogP contribution is 2.38. The molecule has 1 aliphatic rings. The minimum atomic E-state index is -0.990. The van der Waals surface area contributed by atoms with Crippen LogP contribution in [0.4, 0.5) is 4.39 Å². The van der Waals surface area contributed by atoms with Gasteiger partial charge in [0.15, 0.2) is 11.6 Å². The van der Waals surface area contributed by atoms with E-state index in [1.165, 1.54) is 0 Å². The molecule has 0 radical (unpaired) electrons. The van der Waals surface area contributed by atoms with Crippen molar-refractivity contribution in [2.24, 2.45) is 11.7 Å². The Morgan fingerprint density at radius 1 is 1.59 bits per heavy atom. The van der Waals surface area contributed by atoms with Crippen LogP contribution in [0.3, 0.4) is 0 Å². The third kappa shape index (κ3) is 2.40. The molecular weight excluding hydrogens is 219 g/mol. The normalized spacial score (nSPS) is 18.2. The van der Waals surface area contributed by atoms with Crippen molar-refractivity contribution in [3.63, 3.8) is 0 Å². The Kier molecular flexibility index (Phi) is 3.03. The van der Waals surface area contributed by atoms with Crippen molar-refractivity contribution >= 4 is 0 Å². The second-order valence-corrected chi connectivity index (χ2v) is 4.60. The van der Waals surface area contributed by atoms with Gasteiger partial charge in [-0.1, -0.05) is 12.1 Å². The predicted molar refractivity (Wildman–Crippen MR) is 61.9 cm³/mol. The molecule has 1 fully saturated rings. The van der Waals surface area contributed by atoms with Crippen molar-refractivity contribution in [2.75, 3.05) is 6.61 Å². The number of hydrogen-bond acceptors (Lipinski definition) is 3. The number of benzene rings is 1. The van der Waals surface area contributed by atoms with E-state index in [4.69, 9.17) is 15.7 Å². The molecule has 3 nitrogen and oxygen atoms in total. The van der Waals surface area contributed by atoms with Gasteiger partial charge < -0.3 is 10.5 Å². The molecule has 2 N–H and O–H groups in total. The molecule has 0 heterocycles. The maximum absolute atomic E-state index is 13.6. The second-order valence-electron chi connectivity index (χ2n) is 4.60. The average Bonchev–Trinajstić information content (AvgIpc) is 3.15. The number of aryl methyl sites for hydroxylation is 1. The first-order valence-electron chi connectivity index (χ1n) is 5.65. The van der Waals surface area contributed by atoms with Crippen molar-refractivity contribution in [2.45, 2.75) is 25.3 Å². The maximum atomic E-state index is 13.6. The molecule has 1 aliphatic carbocycles. The summed E-state index contributed by atoms with van der Waals surface area (Å²) in [5, 5.41) is 9.05. The number of nitrogens with zero attached hydrogens (tertiary/aromatic N) is 1. The van der Waals surface area contributed by atoms with Gasteiger partial charge in [-0.2, -0.15) is 5.26 Å². The molecule has 90 valence electrons. The molecule has 0 aliphatic heterocycles. The van der Waals surface area contributed by atoms with Crippen LogP contribution in [0.1, 0.15) is 18.4 Å². The van der Waals surface area contributed by atoms with Gasteiger partial charge in [-0.05, 0) is 37.3 Å². The number of nitrogens with two attached hydrogens (primary N) is 1. The van der Waals surface area contributed by atoms with Crippen LogP contribution in [0.2, 0.25) is 0 Å². The molecule has 0 aromatic heterocycles. The minimum absolute atomic E-state index is 0.0362. The van der Waals surface area contributed by atoms with Gasteiger partial charge in [-0.3, -0.25) is 0 Å². The first-order valence-corrected chi connectivity index (χ1v) is 5.65. The van der Waals surface area contributed by atoms with Crippen molar-refractivity contribution in [1.82, 2.24) is 0 Å². The zero-order chi connectivity index (χ0) is 12.5. The second kappa shape index (κ2) is 4.34. The molecule has 17 heavy (non-hydrogen) atoms. The van der Waals surface area contributed by atoms with E-state index in [0.717, 1.165) is 12.8 Å². The van der Waals surface area contributed by atoms with E-state index >= 15 is 0 Å². The van der Waals surface area contributed by atoms with Gasteiger partial charge in [-0.25, -0.2) is 4.39 Å². The van der Waals surface area contributed by atoms with Crippen LogP contribution in [0, 0.1) is 30.0 Å². The van der Waals surface area contributed by atoms with Crippen LogP contribution in [0.15, 0.2) is 18.2 Å².